The van der Waals surface area contributed by atoms with Gasteiger partial charge < -0.3 is 9.47 Å². The van der Waals surface area contributed by atoms with Crippen LogP contribution in [0.5, 0.6) is 0 Å². The molecule has 0 N–H and O–H groups in total. The van der Waals surface area contributed by atoms with Gasteiger partial charge in [0.2, 0.25) is 0 Å². The maximum atomic E-state index is 5.38. The molecule has 2 heteroatoms. The van der Waals surface area contributed by atoms with Crippen molar-refractivity contribution in [2.24, 2.45) is 0 Å². The fourth-order valence-electron chi connectivity index (χ4n) is 1.64. The van der Waals surface area contributed by atoms with Crippen molar-refractivity contribution in [1.82, 2.24) is 0 Å². The molecule has 0 saturated carbocycles. The Morgan fingerprint density at radius 1 is 1.42 bits per heavy atom. The van der Waals surface area contributed by atoms with Crippen LogP contribution in [0.25, 0.3) is 0 Å². The first-order valence-corrected chi connectivity index (χ1v) is 4.02. The highest BCUT2D eigenvalue weighted by atomic mass is 16.5. The molecule has 3 rings (SSSR count). The minimum absolute atomic E-state index is 0.0928. The quantitative estimate of drug-likeness (QED) is 0.536. The molecule has 2 nitrogen and oxygen atoms in total. The fraction of sp³-hybridized carbons (Fsp3) is 0.200. The largest absolute Gasteiger partial charge is 0.489 e. The number of fused-ring (bicyclic) bond motifs is 2. The van der Waals surface area contributed by atoms with E-state index in [1.165, 1.54) is 11.1 Å². The molecule has 60 valence electrons. The number of allylic oxidation sites excluding steroid dienone is 1. The van der Waals surface area contributed by atoms with E-state index in [4.69, 9.17) is 9.47 Å². The summed E-state index contributed by atoms with van der Waals surface area (Å²) in [5, 5.41) is 0. The third-order valence-electron chi connectivity index (χ3n) is 2.27. The van der Waals surface area contributed by atoms with Gasteiger partial charge in [0, 0.05) is 17.2 Å². The molecule has 2 heterocycles. The van der Waals surface area contributed by atoms with E-state index >= 15 is 0 Å². The summed E-state index contributed by atoms with van der Waals surface area (Å²) in [6.45, 7) is 0.696. The van der Waals surface area contributed by atoms with Gasteiger partial charge in [-0.3, -0.25) is 0 Å². The summed E-state index contributed by atoms with van der Waals surface area (Å²) in [5.41, 5.74) is 2.41. The van der Waals surface area contributed by atoms with Crippen molar-refractivity contribution in [3.63, 3.8) is 0 Å². The summed E-state index contributed by atoms with van der Waals surface area (Å²) in [6.07, 6.45) is 10.0. The van der Waals surface area contributed by atoms with E-state index in [-0.39, 0.29) is 6.10 Å². The Bertz CT molecular complexity index is 345. The molecule has 0 amide bonds. The molecule has 0 aromatic carbocycles. The second-order valence-electron chi connectivity index (χ2n) is 3.01. The molecule has 1 unspecified atom stereocenters. The van der Waals surface area contributed by atoms with Crippen molar-refractivity contribution < 1.29 is 9.47 Å². The van der Waals surface area contributed by atoms with Crippen molar-refractivity contribution in [3.05, 3.63) is 47.5 Å². The van der Waals surface area contributed by atoms with Crippen molar-refractivity contribution in [3.8, 4) is 0 Å². The number of hydrogen-bond acceptors (Lipinski definition) is 2. The molecular weight excluding hydrogens is 152 g/mol. The van der Waals surface area contributed by atoms with Gasteiger partial charge in [-0.25, -0.2) is 0 Å². The third kappa shape index (κ3) is 0.694. The van der Waals surface area contributed by atoms with Gasteiger partial charge in [0.15, 0.2) is 0 Å². The van der Waals surface area contributed by atoms with Gasteiger partial charge in [-0.2, -0.15) is 0 Å². The first-order chi connectivity index (χ1) is 5.93. The van der Waals surface area contributed by atoms with Crippen LogP contribution in [0.15, 0.2) is 47.5 Å². The van der Waals surface area contributed by atoms with Gasteiger partial charge in [-0.1, -0.05) is 0 Å². The van der Waals surface area contributed by atoms with Gasteiger partial charge in [0.1, 0.15) is 18.5 Å². The van der Waals surface area contributed by atoms with Crippen LogP contribution in [0.1, 0.15) is 0 Å². The summed E-state index contributed by atoms with van der Waals surface area (Å²) in [6, 6.07) is 0. The van der Waals surface area contributed by atoms with E-state index in [9.17, 15) is 0 Å². The monoisotopic (exact) mass is 160 g/mol. The van der Waals surface area contributed by atoms with E-state index < -0.39 is 0 Å². The number of ether oxygens (including phenoxy) is 2. The van der Waals surface area contributed by atoms with Crippen LogP contribution < -0.4 is 0 Å². The molecule has 1 aliphatic carbocycles. The summed E-state index contributed by atoms with van der Waals surface area (Å²) in [4.78, 5) is 0. The molecule has 2 aliphatic heterocycles. The van der Waals surface area contributed by atoms with Gasteiger partial charge in [0.25, 0.3) is 0 Å². The summed E-state index contributed by atoms with van der Waals surface area (Å²) in [5.74, 6) is 0.965. The number of hydrogen-bond donors (Lipinski definition) is 0. The van der Waals surface area contributed by atoms with Gasteiger partial charge >= 0.3 is 0 Å². The molecule has 3 aliphatic rings. The first kappa shape index (κ1) is 6.12. The van der Waals surface area contributed by atoms with E-state index in [1.54, 1.807) is 6.26 Å². The summed E-state index contributed by atoms with van der Waals surface area (Å²) in [7, 11) is 0. The zero-order valence-electron chi connectivity index (χ0n) is 6.49. The SMILES string of the molecule is C1=CC2=CC3=CCOC3=CC2O1. The lowest BCUT2D eigenvalue weighted by Crippen LogP contribution is -2.09. The Hall–Kier alpha value is -1.44. The highest BCUT2D eigenvalue weighted by Gasteiger charge is 2.24. The van der Waals surface area contributed by atoms with E-state index in [0.29, 0.717) is 6.61 Å². The second-order valence-corrected chi connectivity index (χ2v) is 3.01. The molecule has 0 fully saturated rings. The van der Waals surface area contributed by atoms with Crippen LogP contribution in [0, 0.1) is 0 Å². The maximum absolute atomic E-state index is 5.38. The highest BCUT2D eigenvalue weighted by Crippen LogP contribution is 2.32. The van der Waals surface area contributed by atoms with Crippen LogP contribution in [-0.4, -0.2) is 12.7 Å². The molecule has 0 aromatic rings. The lowest BCUT2D eigenvalue weighted by Gasteiger charge is -2.14. The average molecular weight is 160 g/mol. The van der Waals surface area contributed by atoms with Crippen LogP contribution in [0.4, 0.5) is 0 Å². The van der Waals surface area contributed by atoms with Crippen LogP contribution in [-0.2, 0) is 9.47 Å². The second kappa shape index (κ2) is 2.03. The highest BCUT2D eigenvalue weighted by molar-refractivity contribution is 5.51. The van der Waals surface area contributed by atoms with Gasteiger partial charge in [0.05, 0.1) is 6.26 Å². The Morgan fingerprint density at radius 2 is 2.42 bits per heavy atom. The summed E-state index contributed by atoms with van der Waals surface area (Å²) >= 11 is 0. The lowest BCUT2D eigenvalue weighted by molar-refractivity contribution is 0.221. The Balaban J connectivity index is 2.09. The van der Waals surface area contributed by atoms with Crippen molar-refractivity contribution in [2.45, 2.75) is 6.10 Å². The smallest absolute Gasteiger partial charge is 0.145 e. The third-order valence-corrected chi connectivity index (χ3v) is 2.27. The summed E-state index contributed by atoms with van der Waals surface area (Å²) < 4.78 is 10.7. The van der Waals surface area contributed by atoms with E-state index in [2.05, 4.69) is 12.2 Å². The van der Waals surface area contributed by atoms with E-state index in [1.807, 2.05) is 12.2 Å². The minimum Gasteiger partial charge on any atom is -0.489 e. The van der Waals surface area contributed by atoms with Crippen LogP contribution >= 0.6 is 0 Å². The predicted molar refractivity (Wildman–Crippen MR) is 44.2 cm³/mol. The fourth-order valence-corrected chi connectivity index (χ4v) is 1.64. The molecule has 0 aromatic heterocycles. The minimum atomic E-state index is 0.0928. The number of rotatable bonds is 0. The standard InChI is InChI=1S/C10H8O2/c1-3-11-9-6-10-8(2-4-12-10)5-7(1)9/h1-3,5-6,9H,4H2. The first-order valence-electron chi connectivity index (χ1n) is 4.02. The molecule has 12 heavy (non-hydrogen) atoms. The maximum Gasteiger partial charge on any atom is 0.145 e. The average Bonchev–Trinajstić information content (AvgIpc) is 2.64. The molecule has 1 atom stereocenters. The molecule has 0 saturated heterocycles. The van der Waals surface area contributed by atoms with Crippen LogP contribution in [0.2, 0.25) is 0 Å². The lowest BCUT2D eigenvalue weighted by atomic mass is 9.99. The predicted octanol–water partition coefficient (Wildman–Crippen LogP) is 1.68. The Kier molecular flexibility index (Phi) is 1.04. The zero-order valence-corrected chi connectivity index (χ0v) is 6.49. The van der Waals surface area contributed by atoms with Gasteiger partial charge in [-0.05, 0) is 18.2 Å². The van der Waals surface area contributed by atoms with E-state index in [0.717, 1.165) is 5.76 Å². The molecule has 0 spiro atoms. The molecular formula is C10H8O2. The topological polar surface area (TPSA) is 18.5 Å². The Labute approximate surface area is 70.5 Å². The van der Waals surface area contributed by atoms with Crippen LogP contribution in [0.3, 0.4) is 0 Å². The molecule has 0 radical (unpaired) electrons. The van der Waals surface area contributed by atoms with Gasteiger partial charge in [-0.15, -0.1) is 0 Å². The zero-order chi connectivity index (χ0) is 7.97. The Morgan fingerprint density at radius 3 is 3.42 bits per heavy atom. The van der Waals surface area contributed by atoms with Crippen molar-refractivity contribution in [2.75, 3.05) is 6.61 Å². The normalized spacial score (nSPS) is 29.3. The van der Waals surface area contributed by atoms with Crippen molar-refractivity contribution >= 4 is 0 Å². The van der Waals surface area contributed by atoms with Crippen molar-refractivity contribution in [1.29, 1.82) is 0 Å². The molecule has 0 bridgehead atoms.